The maximum atomic E-state index is 5.54. The third kappa shape index (κ3) is 19.8. The average molecular weight is 306 g/mol. The molecule has 0 aliphatic heterocycles. The molecule has 0 unspecified atom stereocenters. The van der Waals surface area contributed by atoms with Gasteiger partial charge in [-0.2, -0.15) is 0 Å². The highest BCUT2D eigenvalue weighted by Crippen LogP contribution is 2.05. The molecule has 0 heterocycles. The van der Waals surface area contributed by atoms with Crippen molar-refractivity contribution in [3.8, 4) is 0 Å². The van der Waals surface area contributed by atoms with Crippen molar-refractivity contribution in [3.05, 3.63) is 0 Å². The highest BCUT2D eigenvalue weighted by molar-refractivity contribution is 4.57. The summed E-state index contributed by atoms with van der Waals surface area (Å²) in [6.45, 7) is 16.0. The first kappa shape index (κ1) is 20.8. The Balaban J connectivity index is 3.03. The van der Waals surface area contributed by atoms with E-state index < -0.39 is 0 Å². The molecule has 0 N–H and O–H groups in total. The molecule has 0 aromatic heterocycles. The van der Waals surface area contributed by atoms with Gasteiger partial charge in [-0.05, 0) is 26.7 Å². The standard InChI is InChI=1S/C16H34O5/c1-15(2)14-20-11-10-18-7-6-17-8-9-19-12-13-21-16(3,4)5/h15H,6-14H2,1-5H3. The molecule has 21 heavy (non-hydrogen) atoms. The van der Waals surface area contributed by atoms with E-state index in [0.717, 1.165) is 6.61 Å². The van der Waals surface area contributed by atoms with Gasteiger partial charge in [0.2, 0.25) is 0 Å². The Morgan fingerprint density at radius 1 is 0.619 bits per heavy atom. The Kier molecular flexibility index (Phi) is 13.3. The summed E-state index contributed by atoms with van der Waals surface area (Å²) < 4.78 is 27.1. The van der Waals surface area contributed by atoms with Crippen LogP contribution in [-0.2, 0) is 23.7 Å². The molecule has 0 atom stereocenters. The van der Waals surface area contributed by atoms with Gasteiger partial charge in [0.15, 0.2) is 0 Å². The van der Waals surface area contributed by atoms with Crippen molar-refractivity contribution in [2.24, 2.45) is 5.92 Å². The normalized spacial score (nSPS) is 12.3. The lowest BCUT2D eigenvalue weighted by molar-refractivity contribution is -0.0461. The van der Waals surface area contributed by atoms with Crippen molar-refractivity contribution in [1.82, 2.24) is 0 Å². The summed E-state index contributed by atoms with van der Waals surface area (Å²) in [4.78, 5) is 0. The zero-order chi connectivity index (χ0) is 16.0. The van der Waals surface area contributed by atoms with E-state index in [1.165, 1.54) is 0 Å². The fourth-order valence-electron chi connectivity index (χ4n) is 1.39. The molecule has 0 aromatic carbocycles. The molecular weight excluding hydrogens is 272 g/mol. The second kappa shape index (κ2) is 13.5. The van der Waals surface area contributed by atoms with Crippen LogP contribution in [0.1, 0.15) is 34.6 Å². The minimum Gasteiger partial charge on any atom is -0.379 e. The Labute approximate surface area is 130 Å². The third-order valence-corrected chi connectivity index (χ3v) is 2.33. The third-order valence-electron chi connectivity index (χ3n) is 2.33. The van der Waals surface area contributed by atoms with Crippen molar-refractivity contribution in [2.75, 3.05) is 59.5 Å². The van der Waals surface area contributed by atoms with Crippen LogP contribution in [0.4, 0.5) is 0 Å². The maximum absolute atomic E-state index is 5.54. The monoisotopic (exact) mass is 306 g/mol. The summed E-state index contributed by atoms with van der Waals surface area (Å²) in [5.74, 6) is 0.571. The SMILES string of the molecule is CC(C)COCCOCCOCCOCCOC(C)(C)C. The smallest absolute Gasteiger partial charge is 0.0707 e. The van der Waals surface area contributed by atoms with Gasteiger partial charge in [-0.15, -0.1) is 0 Å². The molecule has 0 saturated carbocycles. The van der Waals surface area contributed by atoms with Crippen LogP contribution in [0.2, 0.25) is 0 Å². The summed E-state index contributed by atoms with van der Waals surface area (Å²) in [6.07, 6.45) is 0. The van der Waals surface area contributed by atoms with Gasteiger partial charge < -0.3 is 23.7 Å². The largest absolute Gasteiger partial charge is 0.379 e. The van der Waals surface area contributed by atoms with Crippen LogP contribution in [0.5, 0.6) is 0 Å². The number of hydrogen-bond donors (Lipinski definition) is 0. The van der Waals surface area contributed by atoms with Crippen molar-refractivity contribution in [1.29, 1.82) is 0 Å². The van der Waals surface area contributed by atoms with Crippen LogP contribution in [0.3, 0.4) is 0 Å². The summed E-state index contributed by atoms with van der Waals surface area (Å²) in [7, 11) is 0. The van der Waals surface area contributed by atoms with Crippen LogP contribution in [0, 0.1) is 5.92 Å². The van der Waals surface area contributed by atoms with Gasteiger partial charge in [-0.3, -0.25) is 0 Å². The molecule has 0 amide bonds. The molecule has 0 radical (unpaired) electrons. The van der Waals surface area contributed by atoms with E-state index in [1.54, 1.807) is 0 Å². The first-order valence-corrected chi connectivity index (χ1v) is 7.87. The molecule has 5 nitrogen and oxygen atoms in total. The zero-order valence-electron chi connectivity index (χ0n) is 14.5. The van der Waals surface area contributed by atoms with E-state index >= 15 is 0 Å². The van der Waals surface area contributed by atoms with Crippen molar-refractivity contribution >= 4 is 0 Å². The van der Waals surface area contributed by atoms with E-state index in [-0.39, 0.29) is 5.60 Å². The summed E-state index contributed by atoms with van der Waals surface area (Å²) >= 11 is 0. The highest BCUT2D eigenvalue weighted by Gasteiger charge is 2.08. The number of hydrogen-bond acceptors (Lipinski definition) is 5. The molecule has 0 aromatic rings. The Hall–Kier alpha value is -0.200. The topological polar surface area (TPSA) is 46.2 Å². The van der Waals surface area contributed by atoms with Crippen molar-refractivity contribution in [3.63, 3.8) is 0 Å². The predicted octanol–water partition coefficient (Wildman–Crippen LogP) is 2.52. The summed E-state index contributed by atoms with van der Waals surface area (Å²) in [6, 6.07) is 0. The average Bonchev–Trinajstić information content (AvgIpc) is 2.37. The van der Waals surface area contributed by atoms with Crippen LogP contribution in [0.25, 0.3) is 0 Å². The maximum Gasteiger partial charge on any atom is 0.0707 e. The lowest BCUT2D eigenvalue weighted by Crippen LogP contribution is -2.22. The van der Waals surface area contributed by atoms with Gasteiger partial charge in [-0.25, -0.2) is 0 Å². The molecule has 0 saturated heterocycles. The summed E-state index contributed by atoms with van der Waals surface area (Å²) in [5.41, 5.74) is -0.101. The lowest BCUT2D eigenvalue weighted by Gasteiger charge is -2.19. The molecular formula is C16H34O5. The molecule has 0 bridgehead atoms. The Morgan fingerprint density at radius 2 is 1.00 bits per heavy atom. The fourth-order valence-corrected chi connectivity index (χ4v) is 1.39. The van der Waals surface area contributed by atoms with Gasteiger partial charge >= 0.3 is 0 Å². The van der Waals surface area contributed by atoms with E-state index in [1.807, 2.05) is 20.8 Å². The Bertz CT molecular complexity index is 213. The minimum absolute atomic E-state index is 0.101. The minimum atomic E-state index is -0.101. The highest BCUT2D eigenvalue weighted by atomic mass is 16.6. The quantitative estimate of drug-likeness (QED) is 0.462. The zero-order valence-corrected chi connectivity index (χ0v) is 14.5. The van der Waals surface area contributed by atoms with Gasteiger partial charge in [0.25, 0.3) is 0 Å². The van der Waals surface area contributed by atoms with Gasteiger partial charge in [0.1, 0.15) is 0 Å². The van der Waals surface area contributed by atoms with Gasteiger partial charge in [-0.1, -0.05) is 13.8 Å². The first-order chi connectivity index (χ1) is 9.92. The number of ether oxygens (including phenoxy) is 5. The van der Waals surface area contributed by atoms with Crippen LogP contribution < -0.4 is 0 Å². The van der Waals surface area contributed by atoms with Crippen LogP contribution in [-0.4, -0.2) is 65.1 Å². The lowest BCUT2D eigenvalue weighted by atomic mass is 10.2. The second-order valence-corrected chi connectivity index (χ2v) is 6.27. The molecule has 0 rings (SSSR count). The second-order valence-electron chi connectivity index (χ2n) is 6.27. The molecule has 0 aliphatic rings. The van der Waals surface area contributed by atoms with E-state index in [0.29, 0.717) is 58.8 Å². The fraction of sp³-hybridized carbons (Fsp3) is 1.00. The molecule has 0 aliphatic carbocycles. The van der Waals surface area contributed by atoms with Crippen molar-refractivity contribution < 1.29 is 23.7 Å². The summed E-state index contributed by atoms with van der Waals surface area (Å²) in [5, 5.41) is 0. The Morgan fingerprint density at radius 3 is 1.38 bits per heavy atom. The first-order valence-electron chi connectivity index (χ1n) is 7.87. The van der Waals surface area contributed by atoms with Crippen LogP contribution >= 0.6 is 0 Å². The van der Waals surface area contributed by atoms with Gasteiger partial charge in [0, 0.05) is 6.61 Å². The molecule has 0 fully saturated rings. The molecule has 0 spiro atoms. The van der Waals surface area contributed by atoms with E-state index in [2.05, 4.69) is 13.8 Å². The molecule has 128 valence electrons. The van der Waals surface area contributed by atoms with Gasteiger partial charge in [0.05, 0.1) is 58.5 Å². The predicted molar refractivity (Wildman–Crippen MR) is 83.8 cm³/mol. The van der Waals surface area contributed by atoms with E-state index in [4.69, 9.17) is 23.7 Å². The van der Waals surface area contributed by atoms with Crippen molar-refractivity contribution in [2.45, 2.75) is 40.2 Å². The number of rotatable bonds is 14. The van der Waals surface area contributed by atoms with Crippen LogP contribution in [0.15, 0.2) is 0 Å². The van der Waals surface area contributed by atoms with E-state index in [9.17, 15) is 0 Å². The molecule has 5 heteroatoms.